The lowest BCUT2D eigenvalue weighted by molar-refractivity contribution is 0.0404. The van der Waals surface area contributed by atoms with Gasteiger partial charge in [-0.15, -0.1) is 0 Å². The van der Waals surface area contributed by atoms with Crippen LogP contribution < -0.4 is 5.32 Å². The molecule has 92 valence electrons. The third-order valence-corrected chi connectivity index (χ3v) is 2.56. The quantitative estimate of drug-likeness (QED) is 0.774. The minimum Gasteiger partial charge on any atom is -0.304 e. The molecular weight excluding hydrogens is 208 g/mol. The lowest BCUT2D eigenvalue weighted by Gasteiger charge is -2.44. The summed E-state index contributed by atoms with van der Waals surface area (Å²) in [6.45, 7) is 6.10. The van der Waals surface area contributed by atoms with Gasteiger partial charge < -0.3 is 5.32 Å². The van der Waals surface area contributed by atoms with E-state index < -0.39 is 0 Å². The summed E-state index contributed by atoms with van der Waals surface area (Å²) in [4.78, 5) is 28.5. The number of rotatable bonds is 3. The highest BCUT2D eigenvalue weighted by molar-refractivity contribution is 5.96. The van der Waals surface area contributed by atoms with E-state index in [0.717, 1.165) is 0 Å². The highest BCUT2D eigenvalue weighted by atomic mass is 16.2. The van der Waals surface area contributed by atoms with Gasteiger partial charge in [0.05, 0.1) is 0 Å². The second kappa shape index (κ2) is 4.69. The lowest BCUT2D eigenvalue weighted by Crippen LogP contribution is -2.69. The predicted molar refractivity (Wildman–Crippen MR) is 60.8 cm³/mol. The summed E-state index contributed by atoms with van der Waals surface area (Å²) in [6, 6.07) is -0.701. The SMILES string of the molecule is CCN1C(=O)N(C(C)C)C(=O)NC1N(C)C. The normalized spacial score (nSPS) is 22.1. The maximum absolute atomic E-state index is 12.1. The van der Waals surface area contributed by atoms with Crippen LogP contribution in [0.4, 0.5) is 9.59 Å². The maximum Gasteiger partial charge on any atom is 0.331 e. The standard InChI is InChI=1S/C10H20N4O2/c1-6-13-8(12(4)5)11-9(15)14(7(2)3)10(13)16/h7-8H,6H2,1-5H3,(H,11,15). The Kier molecular flexibility index (Phi) is 3.74. The number of carbonyl (C=O) groups excluding carboxylic acids is 2. The molecule has 4 amide bonds. The molecule has 0 aromatic heterocycles. The molecule has 1 fully saturated rings. The Morgan fingerprint density at radius 1 is 1.38 bits per heavy atom. The summed E-state index contributed by atoms with van der Waals surface area (Å²) >= 11 is 0. The van der Waals surface area contributed by atoms with Gasteiger partial charge in [0.15, 0.2) is 6.29 Å². The van der Waals surface area contributed by atoms with Crippen LogP contribution in [0.3, 0.4) is 0 Å². The van der Waals surface area contributed by atoms with E-state index in [9.17, 15) is 9.59 Å². The molecule has 1 rings (SSSR count). The van der Waals surface area contributed by atoms with Gasteiger partial charge in [-0.3, -0.25) is 9.80 Å². The number of hydrogen-bond acceptors (Lipinski definition) is 3. The Morgan fingerprint density at radius 2 is 1.94 bits per heavy atom. The Labute approximate surface area is 96.2 Å². The molecule has 0 aliphatic carbocycles. The molecule has 0 aromatic carbocycles. The van der Waals surface area contributed by atoms with Crippen molar-refractivity contribution in [2.45, 2.75) is 33.1 Å². The van der Waals surface area contributed by atoms with Crippen LogP contribution in [0, 0.1) is 0 Å². The van der Waals surface area contributed by atoms with Gasteiger partial charge in [0.2, 0.25) is 0 Å². The van der Waals surface area contributed by atoms with Gasteiger partial charge in [-0.25, -0.2) is 14.5 Å². The van der Waals surface area contributed by atoms with Gasteiger partial charge in [0, 0.05) is 12.6 Å². The molecule has 0 spiro atoms. The van der Waals surface area contributed by atoms with Crippen LogP contribution in [0.15, 0.2) is 0 Å². The molecule has 0 saturated carbocycles. The molecule has 0 aromatic rings. The highest BCUT2D eigenvalue weighted by Crippen LogP contribution is 2.14. The van der Waals surface area contributed by atoms with E-state index in [2.05, 4.69) is 5.32 Å². The Balaban J connectivity index is 2.95. The summed E-state index contributed by atoms with van der Waals surface area (Å²) < 4.78 is 0. The second-order valence-corrected chi connectivity index (χ2v) is 4.32. The van der Waals surface area contributed by atoms with Crippen molar-refractivity contribution < 1.29 is 9.59 Å². The van der Waals surface area contributed by atoms with Crippen molar-refractivity contribution in [2.75, 3.05) is 20.6 Å². The van der Waals surface area contributed by atoms with E-state index in [0.29, 0.717) is 6.54 Å². The summed E-state index contributed by atoms with van der Waals surface area (Å²) in [5.74, 6) is 0. The predicted octanol–water partition coefficient (Wildman–Crippen LogP) is 0.707. The zero-order chi connectivity index (χ0) is 12.5. The average molecular weight is 228 g/mol. The second-order valence-electron chi connectivity index (χ2n) is 4.32. The number of imide groups is 1. The van der Waals surface area contributed by atoms with Gasteiger partial charge in [0.25, 0.3) is 0 Å². The number of hydrogen-bond donors (Lipinski definition) is 1. The van der Waals surface area contributed by atoms with Crippen LogP contribution in [0.2, 0.25) is 0 Å². The number of carbonyl (C=O) groups is 2. The number of urea groups is 2. The van der Waals surface area contributed by atoms with Crippen molar-refractivity contribution in [1.82, 2.24) is 20.0 Å². The Morgan fingerprint density at radius 3 is 2.31 bits per heavy atom. The van der Waals surface area contributed by atoms with Gasteiger partial charge in [-0.2, -0.15) is 0 Å². The number of amides is 4. The minimum atomic E-state index is -0.361. The summed E-state index contributed by atoms with van der Waals surface area (Å²) in [5, 5.41) is 2.80. The molecule has 1 aliphatic rings. The number of nitrogens with zero attached hydrogens (tertiary/aromatic N) is 3. The van der Waals surface area contributed by atoms with Gasteiger partial charge in [-0.1, -0.05) is 0 Å². The van der Waals surface area contributed by atoms with Crippen LogP contribution in [0.25, 0.3) is 0 Å². The molecule has 1 aliphatic heterocycles. The van der Waals surface area contributed by atoms with Gasteiger partial charge in [-0.05, 0) is 34.9 Å². The molecule has 0 radical (unpaired) electrons. The first-order valence-electron chi connectivity index (χ1n) is 5.46. The average Bonchev–Trinajstić information content (AvgIpc) is 2.16. The Hall–Kier alpha value is -1.30. The first-order chi connectivity index (χ1) is 7.40. The van der Waals surface area contributed by atoms with Crippen LogP contribution in [0.1, 0.15) is 20.8 Å². The van der Waals surface area contributed by atoms with Gasteiger partial charge >= 0.3 is 12.1 Å². The number of nitrogens with one attached hydrogen (secondary N) is 1. The monoisotopic (exact) mass is 228 g/mol. The summed E-state index contributed by atoms with van der Waals surface area (Å²) in [5.41, 5.74) is 0. The molecule has 6 heteroatoms. The molecule has 1 saturated heterocycles. The van der Waals surface area contributed by atoms with E-state index in [-0.39, 0.29) is 24.4 Å². The first-order valence-corrected chi connectivity index (χ1v) is 5.46. The zero-order valence-electron chi connectivity index (χ0n) is 10.5. The molecule has 1 heterocycles. The first kappa shape index (κ1) is 12.8. The maximum atomic E-state index is 12.1. The Bertz CT molecular complexity index is 291. The molecule has 1 N–H and O–H groups in total. The van der Waals surface area contributed by atoms with Crippen molar-refractivity contribution in [2.24, 2.45) is 0 Å². The topological polar surface area (TPSA) is 55.9 Å². The molecule has 16 heavy (non-hydrogen) atoms. The fourth-order valence-electron chi connectivity index (χ4n) is 1.76. The van der Waals surface area contributed by atoms with Crippen molar-refractivity contribution in [1.29, 1.82) is 0 Å². The van der Waals surface area contributed by atoms with Crippen molar-refractivity contribution in [3.8, 4) is 0 Å². The third kappa shape index (κ3) is 2.11. The smallest absolute Gasteiger partial charge is 0.304 e. The summed E-state index contributed by atoms with van der Waals surface area (Å²) in [7, 11) is 3.65. The molecular formula is C10H20N4O2. The zero-order valence-corrected chi connectivity index (χ0v) is 10.5. The molecule has 6 nitrogen and oxygen atoms in total. The van der Waals surface area contributed by atoms with Gasteiger partial charge in [0.1, 0.15) is 0 Å². The van der Waals surface area contributed by atoms with Crippen molar-refractivity contribution in [3.63, 3.8) is 0 Å². The minimum absolute atomic E-state index is 0.135. The van der Waals surface area contributed by atoms with E-state index in [4.69, 9.17) is 0 Å². The van der Waals surface area contributed by atoms with Crippen LogP contribution in [-0.2, 0) is 0 Å². The van der Waals surface area contributed by atoms with Crippen LogP contribution in [-0.4, -0.2) is 59.7 Å². The van der Waals surface area contributed by atoms with E-state index in [1.807, 2.05) is 34.9 Å². The van der Waals surface area contributed by atoms with Crippen LogP contribution in [0.5, 0.6) is 0 Å². The highest BCUT2D eigenvalue weighted by Gasteiger charge is 2.39. The van der Waals surface area contributed by atoms with Crippen molar-refractivity contribution in [3.05, 3.63) is 0 Å². The van der Waals surface area contributed by atoms with E-state index in [1.54, 1.807) is 9.80 Å². The van der Waals surface area contributed by atoms with E-state index >= 15 is 0 Å². The molecule has 1 atom stereocenters. The van der Waals surface area contributed by atoms with Crippen LogP contribution >= 0.6 is 0 Å². The lowest BCUT2D eigenvalue weighted by atomic mass is 10.3. The molecule has 0 bridgehead atoms. The van der Waals surface area contributed by atoms with Crippen molar-refractivity contribution >= 4 is 12.1 Å². The fraction of sp³-hybridized carbons (Fsp3) is 0.800. The molecule has 1 unspecified atom stereocenters. The largest absolute Gasteiger partial charge is 0.331 e. The fourth-order valence-corrected chi connectivity index (χ4v) is 1.76. The summed E-state index contributed by atoms with van der Waals surface area (Å²) in [6.07, 6.45) is -0.361. The van der Waals surface area contributed by atoms with E-state index in [1.165, 1.54) is 4.90 Å². The third-order valence-electron chi connectivity index (χ3n) is 2.56.